The molecule has 106 valence electrons. The number of hydrogen-bond donors (Lipinski definition) is 2. The first-order valence-corrected chi connectivity index (χ1v) is 6.51. The second-order valence-corrected chi connectivity index (χ2v) is 4.47. The molecule has 0 saturated carbocycles. The van der Waals surface area contributed by atoms with Gasteiger partial charge in [-0.05, 0) is 37.1 Å². The zero-order chi connectivity index (χ0) is 12.8. The highest BCUT2D eigenvalue weighted by molar-refractivity contribution is 5.94. The van der Waals surface area contributed by atoms with Crippen LogP contribution in [0.2, 0.25) is 0 Å². The summed E-state index contributed by atoms with van der Waals surface area (Å²) in [5, 5.41) is 6.17. The Morgan fingerprint density at radius 3 is 3.00 bits per heavy atom. The third kappa shape index (κ3) is 4.82. The average molecular weight is 285 g/mol. The molecule has 0 radical (unpaired) electrons. The first-order chi connectivity index (χ1) is 8.79. The van der Waals surface area contributed by atoms with Gasteiger partial charge >= 0.3 is 0 Å². The molecular weight excluding hydrogens is 264 g/mol. The summed E-state index contributed by atoms with van der Waals surface area (Å²) in [7, 11) is 0. The van der Waals surface area contributed by atoms with E-state index in [9.17, 15) is 4.79 Å². The Labute approximate surface area is 120 Å². The molecule has 0 aromatic heterocycles. The van der Waals surface area contributed by atoms with Crippen molar-refractivity contribution >= 4 is 24.0 Å². The number of carbonyl (C=O) groups is 1. The number of anilines is 1. The number of nitrogens with one attached hydrogen (secondary N) is 2. The molecule has 1 amide bonds. The summed E-state index contributed by atoms with van der Waals surface area (Å²) >= 11 is 0. The van der Waals surface area contributed by atoms with Crippen LogP contribution in [0.4, 0.5) is 5.69 Å². The maximum absolute atomic E-state index is 11.9. The molecule has 0 bridgehead atoms. The van der Waals surface area contributed by atoms with Crippen LogP contribution in [0.25, 0.3) is 0 Å². The van der Waals surface area contributed by atoms with Crippen LogP contribution >= 0.6 is 12.4 Å². The van der Waals surface area contributed by atoms with E-state index >= 15 is 0 Å². The maximum atomic E-state index is 11.9. The molecule has 4 nitrogen and oxygen atoms in total. The smallest absolute Gasteiger partial charge is 0.253 e. The third-order valence-corrected chi connectivity index (χ3v) is 3.00. The number of hydrogen-bond acceptors (Lipinski definition) is 3. The van der Waals surface area contributed by atoms with Crippen molar-refractivity contribution in [3.05, 3.63) is 29.8 Å². The normalized spacial score (nSPS) is 17.8. The van der Waals surface area contributed by atoms with Gasteiger partial charge in [0.15, 0.2) is 0 Å². The van der Waals surface area contributed by atoms with Crippen LogP contribution in [0.5, 0.6) is 0 Å². The first-order valence-electron chi connectivity index (χ1n) is 6.51. The van der Waals surface area contributed by atoms with Gasteiger partial charge in [-0.25, -0.2) is 0 Å². The SMILES string of the molecule is CCNCc1cccc(NC(=O)[C@@H]2CCCO2)c1.Cl. The summed E-state index contributed by atoms with van der Waals surface area (Å²) in [6.45, 7) is 4.52. The van der Waals surface area contributed by atoms with Crippen LogP contribution in [0.3, 0.4) is 0 Å². The van der Waals surface area contributed by atoms with E-state index in [1.807, 2.05) is 24.3 Å². The van der Waals surface area contributed by atoms with E-state index in [4.69, 9.17) is 4.74 Å². The molecule has 1 aliphatic heterocycles. The topological polar surface area (TPSA) is 50.4 Å². The van der Waals surface area contributed by atoms with E-state index in [2.05, 4.69) is 17.6 Å². The van der Waals surface area contributed by atoms with E-state index in [1.165, 1.54) is 5.56 Å². The van der Waals surface area contributed by atoms with Crippen molar-refractivity contribution in [3.63, 3.8) is 0 Å². The second kappa shape index (κ2) is 8.15. The van der Waals surface area contributed by atoms with E-state index in [-0.39, 0.29) is 24.4 Å². The summed E-state index contributed by atoms with van der Waals surface area (Å²) in [4.78, 5) is 11.9. The predicted molar refractivity (Wildman–Crippen MR) is 78.7 cm³/mol. The molecule has 0 unspecified atom stereocenters. The number of rotatable bonds is 5. The fourth-order valence-corrected chi connectivity index (χ4v) is 2.04. The minimum absolute atomic E-state index is 0. The molecule has 2 rings (SSSR count). The highest BCUT2D eigenvalue weighted by Crippen LogP contribution is 2.16. The van der Waals surface area contributed by atoms with Crippen LogP contribution in [0.1, 0.15) is 25.3 Å². The van der Waals surface area contributed by atoms with Gasteiger partial charge in [-0.3, -0.25) is 4.79 Å². The zero-order valence-corrected chi connectivity index (χ0v) is 12.0. The number of carbonyl (C=O) groups excluding carboxylic acids is 1. The third-order valence-electron chi connectivity index (χ3n) is 3.00. The van der Waals surface area contributed by atoms with Crippen LogP contribution in [0.15, 0.2) is 24.3 Å². The molecular formula is C14H21ClN2O2. The van der Waals surface area contributed by atoms with Gasteiger partial charge in [-0.15, -0.1) is 12.4 Å². The molecule has 1 aliphatic rings. The quantitative estimate of drug-likeness (QED) is 0.872. The lowest BCUT2D eigenvalue weighted by Gasteiger charge is -2.11. The van der Waals surface area contributed by atoms with Gasteiger partial charge in [0, 0.05) is 18.8 Å². The Morgan fingerprint density at radius 2 is 2.32 bits per heavy atom. The second-order valence-electron chi connectivity index (χ2n) is 4.47. The van der Waals surface area contributed by atoms with Gasteiger partial charge in [0.2, 0.25) is 0 Å². The Hall–Kier alpha value is -1.10. The van der Waals surface area contributed by atoms with Crippen LogP contribution in [-0.4, -0.2) is 25.2 Å². The van der Waals surface area contributed by atoms with Crippen molar-refractivity contribution in [2.45, 2.75) is 32.4 Å². The Morgan fingerprint density at radius 1 is 1.47 bits per heavy atom. The van der Waals surface area contributed by atoms with Gasteiger partial charge in [0.05, 0.1) is 0 Å². The molecule has 19 heavy (non-hydrogen) atoms. The maximum Gasteiger partial charge on any atom is 0.253 e. The van der Waals surface area contributed by atoms with Crippen molar-refractivity contribution in [2.75, 3.05) is 18.5 Å². The molecule has 1 fully saturated rings. The number of halogens is 1. The number of benzene rings is 1. The monoisotopic (exact) mass is 284 g/mol. The van der Waals surface area contributed by atoms with Crippen molar-refractivity contribution in [2.24, 2.45) is 0 Å². The van der Waals surface area contributed by atoms with Crippen molar-refractivity contribution in [1.82, 2.24) is 5.32 Å². The first kappa shape index (κ1) is 16.0. The Bertz CT molecular complexity index is 406. The molecule has 5 heteroatoms. The minimum atomic E-state index is -0.276. The molecule has 1 aromatic rings. The fourth-order valence-electron chi connectivity index (χ4n) is 2.04. The molecule has 0 aliphatic carbocycles. The largest absolute Gasteiger partial charge is 0.368 e. The van der Waals surface area contributed by atoms with E-state index in [1.54, 1.807) is 0 Å². The molecule has 2 N–H and O–H groups in total. The van der Waals surface area contributed by atoms with E-state index < -0.39 is 0 Å². The highest BCUT2D eigenvalue weighted by atomic mass is 35.5. The Balaban J connectivity index is 0.00000180. The van der Waals surface area contributed by atoms with Gasteiger partial charge in [0.25, 0.3) is 5.91 Å². The Kier molecular flexibility index (Phi) is 6.84. The van der Waals surface area contributed by atoms with Gasteiger partial charge in [0.1, 0.15) is 6.10 Å². The summed E-state index contributed by atoms with van der Waals surface area (Å²) in [6, 6.07) is 7.90. The lowest BCUT2D eigenvalue weighted by atomic mass is 10.2. The summed E-state index contributed by atoms with van der Waals surface area (Å²) in [5.74, 6) is -0.0342. The zero-order valence-electron chi connectivity index (χ0n) is 11.1. The average Bonchev–Trinajstić information content (AvgIpc) is 2.91. The van der Waals surface area contributed by atoms with Gasteiger partial charge in [-0.2, -0.15) is 0 Å². The van der Waals surface area contributed by atoms with Crippen LogP contribution in [0, 0.1) is 0 Å². The fraction of sp³-hybridized carbons (Fsp3) is 0.500. The standard InChI is InChI=1S/C14H20N2O2.ClH/c1-2-15-10-11-5-3-6-12(9-11)16-14(17)13-7-4-8-18-13;/h3,5-6,9,13,15H,2,4,7-8,10H2,1H3,(H,16,17);1H/t13-;/m0./s1. The van der Waals surface area contributed by atoms with Gasteiger partial charge < -0.3 is 15.4 Å². The molecule has 1 saturated heterocycles. The highest BCUT2D eigenvalue weighted by Gasteiger charge is 2.23. The lowest BCUT2D eigenvalue weighted by molar-refractivity contribution is -0.124. The minimum Gasteiger partial charge on any atom is -0.368 e. The summed E-state index contributed by atoms with van der Waals surface area (Å²) in [5.41, 5.74) is 2.01. The van der Waals surface area contributed by atoms with E-state index in [0.717, 1.165) is 31.6 Å². The van der Waals surface area contributed by atoms with E-state index in [0.29, 0.717) is 6.61 Å². The molecule has 1 heterocycles. The molecule has 1 atom stereocenters. The molecule has 1 aromatic carbocycles. The lowest BCUT2D eigenvalue weighted by Crippen LogP contribution is -2.26. The number of amides is 1. The summed E-state index contributed by atoms with van der Waals surface area (Å²) in [6.07, 6.45) is 1.52. The number of ether oxygens (including phenoxy) is 1. The van der Waals surface area contributed by atoms with Gasteiger partial charge in [-0.1, -0.05) is 19.1 Å². The van der Waals surface area contributed by atoms with Crippen LogP contribution < -0.4 is 10.6 Å². The van der Waals surface area contributed by atoms with Crippen LogP contribution in [-0.2, 0) is 16.1 Å². The molecule has 0 spiro atoms. The van der Waals surface area contributed by atoms with Crippen molar-refractivity contribution in [1.29, 1.82) is 0 Å². The van der Waals surface area contributed by atoms with Crippen molar-refractivity contribution < 1.29 is 9.53 Å². The predicted octanol–water partition coefficient (Wildman–Crippen LogP) is 2.34. The summed E-state index contributed by atoms with van der Waals surface area (Å²) < 4.78 is 5.36. The van der Waals surface area contributed by atoms with Crippen molar-refractivity contribution in [3.8, 4) is 0 Å².